The third kappa shape index (κ3) is 3.43. The van der Waals surface area contributed by atoms with Gasteiger partial charge in [-0.3, -0.25) is 0 Å². The van der Waals surface area contributed by atoms with Gasteiger partial charge in [-0.05, 0) is 31.7 Å². The highest BCUT2D eigenvalue weighted by Crippen LogP contribution is 2.21. The van der Waals surface area contributed by atoms with E-state index >= 15 is 0 Å². The van der Waals surface area contributed by atoms with Crippen molar-refractivity contribution in [3.63, 3.8) is 0 Å². The Kier molecular flexibility index (Phi) is 4.95. The van der Waals surface area contributed by atoms with Crippen molar-refractivity contribution >= 4 is 6.01 Å². The first-order valence-corrected chi connectivity index (χ1v) is 6.72. The van der Waals surface area contributed by atoms with Gasteiger partial charge in [0.05, 0.1) is 6.54 Å². The van der Waals surface area contributed by atoms with Gasteiger partial charge in [-0.2, -0.15) is 0 Å². The number of hydrogen-bond acceptors (Lipinski definition) is 6. The predicted molar refractivity (Wildman–Crippen MR) is 68.3 cm³/mol. The number of aliphatic hydroxyl groups is 1. The molecular formula is C12H22N4O2. The average molecular weight is 254 g/mol. The summed E-state index contributed by atoms with van der Waals surface area (Å²) in [4.78, 5) is 2.07. The second-order valence-electron chi connectivity index (χ2n) is 4.79. The van der Waals surface area contributed by atoms with Crippen molar-refractivity contribution < 1.29 is 9.52 Å². The summed E-state index contributed by atoms with van der Waals surface area (Å²) in [6.45, 7) is 5.66. The third-order valence-electron chi connectivity index (χ3n) is 3.21. The molecule has 1 aliphatic rings. The molecule has 0 saturated carbocycles. The molecule has 1 aromatic heterocycles. The van der Waals surface area contributed by atoms with Crippen LogP contribution >= 0.6 is 0 Å². The fourth-order valence-corrected chi connectivity index (χ4v) is 2.20. The summed E-state index contributed by atoms with van der Waals surface area (Å²) >= 11 is 0. The zero-order valence-corrected chi connectivity index (χ0v) is 10.9. The molecule has 102 valence electrons. The summed E-state index contributed by atoms with van der Waals surface area (Å²) in [6, 6.07) is 0.585. The van der Waals surface area contributed by atoms with Gasteiger partial charge in [-0.25, -0.2) is 0 Å². The lowest BCUT2D eigenvalue weighted by Crippen LogP contribution is -2.37. The lowest BCUT2D eigenvalue weighted by molar-refractivity contribution is 0.206. The first-order chi connectivity index (χ1) is 8.83. The quantitative estimate of drug-likeness (QED) is 0.731. The predicted octanol–water partition coefficient (Wildman–Crippen LogP) is 0.778. The topological polar surface area (TPSA) is 74.4 Å². The highest BCUT2D eigenvalue weighted by Gasteiger charge is 2.23. The summed E-state index contributed by atoms with van der Waals surface area (Å²) in [7, 11) is 0. The number of nitrogens with one attached hydrogen (secondary N) is 1. The molecule has 2 N–H and O–H groups in total. The van der Waals surface area contributed by atoms with Crippen molar-refractivity contribution in [3.8, 4) is 0 Å². The second kappa shape index (κ2) is 6.70. The van der Waals surface area contributed by atoms with Crippen LogP contribution < -0.4 is 10.2 Å². The zero-order chi connectivity index (χ0) is 12.8. The number of rotatable bonds is 6. The van der Waals surface area contributed by atoms with E-state index in [0.717, 1.165) is 38.9 Å². The normalized spacial score (nSPS) is 20.3. The van der Waals surface area contributed by atoms with Crippen molar-refractivity contribution in [1.82, 2.24) is 15.5 Å². The molecule has 0 bridgehead atoms. The molecule has 1 aromatic rings. The molecule has 6 heteroatoms. The molecule has 18 heavy (non-hydrogen) atoms. The molecular weight excluding hydrogens is 232 g/mol. The molecule has 0 aliphatic carbocycles. The van der Waals surface area contributed by atoms with Gasteiger partial charge in [-0.15, -0.1) is 5.10 Å². The summed E-state index contributed by atoms with van der Waals surface area (Å²) < 4.78 is 5.62. The van der Waals surface area contributed by atoms with Crippen molar-refractivity contribution in [2.45, 2.75) is 32.7 Å². The molecule has 0 spiro atoms. The van der Waals surface area contributed by atoms with Crippen LogP contribution in [0.15, 0.2) is 4.42 Å². The van der Waals surface area contributed by atoms with Crippen molar-refractivity contribution in [2.24, 2.45) is 5.92 Å². The maximum atomic E-state index is 9.20. The van der Waals surface area contributed by atoms with Crippen LogP contribution in [0.25, 0.3) is 0 Å². The standard InChI is InChI=1S/C12H22N4O2/c1-2-5-13-7-11-14-15-12(18-11)16-6-3-4-10(8-16)9-17/h10,13,17H,2-9H2,1H3. The van der Waals surface area contributed by atoms with E-state index in [-0.39, 0.29) is 6.61 Å². The first-order valence-electron chi connectivity index (χ1n) is 6.72. The maximum absolute atomic E-state index is 9.20. The lowest BCUT2D eigenvalue weighted by Gasteiger charge is -2.30. The Bertz CT molecular complexity index is 356. The van der Waals surface area contributed by atoms with Gasteiger partial charge in [0.15, 0.2) is 0 Å². The summed E-state index contributed by atoms with van der Waals surface area (Å²) in [5.74, 6) is 0.955. The molecule has 0 radical (unpaired) electrons. The number of piperidine rings is 1. The van der Waals surface area contributed by atoms with E-state index in [4.69, 9.17) is 4.42 Å². The number of anilines is 1. The molecule has 0 aromatic carbocycles. The van der Waals surface area contributed by atoms with E-state index in [0.29, 0.717) is 24.4 Å². The van der Waals surface area contributed by atoms with Crippen LogP contribution in [-0.4, -0.2) is 41.5 Å². The van der Waals surface area contributed by atoms with Gasteiger partial charge in [0.25, 0.3) is 0 Å². The van der Waals surface area contributed by atoms with E-state index in [1.54, 1.807) is 0 Å². The Morgan fingerprint density at radius 3 is 3.17 bits per heavy atom. The molecule has 6 nitrogen and oxygen atoms in total. The van der Waals surface area contributed by atoms with Crippen LogP contribution in [0.5, 0.6) is 0 Å². The molecule has 1 saturated heterocycles. The van der Waals surface area contributed by atoms with Crippen molar-refractivity contribution in [2.75, 3.05) is 31.1 Å². The molecule has 2 heterocycles. The number of nitrogens with zero attached hydrogens (tertiary/aromatic N) is 3. The summed E-state index contributed by atoms with van der Waals surface area (Å²) in [6.07, 6.45) is 3.23. The van der Waals surface area contributed by atoms with Gasteiger partial charge in [0.1, 0.15) is 0 Å². The molecule has 1 fully saturated rings. The van der Waals surface area contributed by atoms with Crippen LogP contribution in [0.4, 0.5) is 6.01 Å². The summed E-state index contributed by atoms with van der Waals surface area (Å²) in [5.41, 5.74) is 0. The van der Waals surface area contributed by atoms with Crippen LogP contribution in [-0.2, 0) is 6.54 Å². The maximum Gasteiger partial charge on any atom is 0.318 e. The Balaban J connectivity index is 1.88. The van der Waals surface area contributed by atoms with Gasteiger partial charge in [0.2, 0.25) is 5.89 Å². The van der Waals surface area contributed by atoms with Gasteiger partial charge in [0, 0.05) is 19.7 Å². The van der Waals surface area contributed by atoms with E-state index in [1.165, 1.54) is 0 Å². The number of aliphatic hydroxyl groups excluding tert-OH is 1. The van der Waals surface area contributed by atoms with E-state index < -0.39 is 0 Å². The Labute approximate surface area is 107 Å². The highest BCUT2D eigenvalue weighted by molar-refractivity contribution is 5.25. The zero-order valence-electron chi connectivity index (χ0n) is 10.9. The molecule has 2 rings (SSSR count). The van der Waals surface area contributed by atoms with Gasteiger partial charge >= 0.3 is 6.01 Å². The van der Waals surface area contributed by atoms with Gasteiger partial charge in [-0.1, -0.05) is 12.0 Å². The Morgan fingerprint density at radius 1 is 1.50 bits per heavy atom. The Morgan fingerprint density at radius 2 is 2.39 bits per heavy atom. The van der Waals surface area contributed by atoms with Crippen LogP contribution in [0.1, 0.15) is 32.1 Å². The number of hydrogen-bond donors (Lipinski definition) is 2. The van der Waals surface area contributed by atoms with Crippen LogP contribution in [0.2, 0.25) is 0 Å². The minimum absolute atomic E-state index is 0.232. The summed E-state index contributed by atoms with van der Waals surface area (Å²) in [5, 5.41) is 20.5. The van der Waals surface area contributed by atoms with E-state index in [1.807, 2.05) is 0 Å². The molecule has 1 aliphatic heterocycles. The van der Waals surface area contributed by atoms with Crippen LogP contribution in [0, 0.1) is 5.92 Å². The van der Waals surface area contributed by atoms with E-state index in [9.17, 15) is 5.11 Å². The minimum atomic E-state index is 0.232. The van der Waals surface area contributed by atoms with E-state index in [2.05, 4.69) is 27.3 Å². The fraction of sp³-hybridized carbons (Fsp3) is 0.833. The molecule has 1 atom stereocenters. The van der Waals surface area contributed by atoms with Gasteiger partial charge < -0.3 is 19.7 Å². The van der Waals surface area contributed by atoms with Crippen LogP contribution in [0.3, 0.4) is 0 Å². The second-order valence-corrected chi connectivity index (χ2v) is 4.79. The average Bonchev–Trinajstić information content (AvgIpc) is 2.88. The smallest absolute Gasteiger partial charge is 0.318 e. The molecule has 1 unspecified atom stereocenters. The fourth-order valence-electron chi connectivity index (χ4n) is 2.20. The SMILES string of the molecule is CCCNCc1nnc(N2CCCC(CO)C2)o1. The minimum Gasteiger partial charge on any atom is -0.407 e. The first kappa shape index (κ1) is 13.3. The molecule has 0 amide bonds. The lowest BCUT2D eigenvalue weighted by atomic mass is 10.00. The van der Waals surface area contributed by atoms with Crippen molar-refractivity contribution in [1.29, 1.82) is 0 Å². The monoisotopic (exact) mass is 254 g/mol. The number of aromatic nitrogens is 2. The largest absolute Gasteiger partial charge is 0.407 e. The van der Waals surface area contributed by atoms with Crippen molar-refractivity contribution in [3.05, 3.63) is 5.89 Å². The highest BCUT2D eigenvalue weighted by atomic mass is 16.4. The third-order valence-corrected chi connectivity index (χ3v) is 3.21. The Hall–Kier alpha value is -1.14.